The zero-order valence-corrected chi connectivity index (χ0v) is 30.5. The van der Waals surface area contributed by atoms with Gasteiger partial charge in [0.2, 0.25) is 23.6 Å². The van der Waals surface area contributed by atoms with Gasteiger partial charge in [-0.2, -0.15) is 8.78 Å². The van der Waals surface area contributed by atoms with Crippen LogP contribution < -0.4 is 37.7 Å². The lowest BCUT2D eigenvalue weighted by Gasteiger charge is -2.29. The van der Waals surface area contributed by atoms with Gasteiger partial charge in [0.1, 0.15) is 30.5 Å². The second-order valence-electron chi connectivity index (χ2n) is 12.1. The number of phosphoric acid groups is 1. The fraction of sp³-hybridized carbons (Fsp3) is 0.281. The third-order valence-electron chi connectivity index (χ3n) is 7.81. The van der Waals surface area contributed by atoms with Gasteiger partial charge in [-0.15, -0.1) is 0 Å². The second-order valence-corrected chi connectivity index (χ2v) is 14.9. The van der Waals surface area contributed by atoms with Gasteiger partial charge in [0.15, 0.2) is 0 Å². The smallest absolute Gasteiger partial charge is 0.445 e. The number of benzene rings is 3. The molecular formula is C32H38F2N6O13P2. The molecule has 0 heterocycles. The molecule has 298 valence electrons. The summed E-state index contributed by atoms with van der Waals surface area (Å²) in [5, 5.41) is 6.99. The summed E-state index contributed by atoms with van der Waals surface area (Å²) in [5.41, 5.74) is 11.8. The molecular weight excluding hydrogens is 776 g/mol. The van der Waals surface area contributed by atoms with E-state index in [9.17, 15) is 41.9 Å². The number of ether oxygens (including phenoxy) is 1. The lowest BCUT2D eigenvalue weighted by atomic mass is 9.91. The van der Waals surface area contributed by atoms with Crippen molar-refractivity contribution in [3.8, 4) is 5.75 Å². The Labute approximate surface area is 311 Å². The van der Waals surface area contributed by atoms with E-state index in [0.717, 1.165) is 12.1 Å². The highest BCUT2D eigenvalue weighted by Gasteiger charge is 2.50. The van der Waals surface area contributed by atoms with Crippen LogP contribution in [-0.2, 0) is 51.7 Å². The SMILES string of the molecule is CC(c1ccc(C(F)(F)P(=O)(O)O)cc1)[C@H](NC(=O)[C@H](Cc1ccc(OP(=O)(O)O)cc1)NC(=O)OCc1cccc(N)c1)C(=O)N[C@@H](CC(N)=O)C(N)=O. The van der Waals surface area contributed by atoms with Gasteiger partial charge >= 0.3 is 27.2 Å². The molecule has 5 amide bonds. The topological polar surface area (TPSA) is 333 Å². The molecule has 55 heavy (non-hydrogen) atoms. The first-order chi connectivity index (χ1) is 25.5. The van der Waals surface area contributed by atoms with Crippen molar-refractivity contribution >= 4 is 50.8 Å². The number of alkyl halides is 2. The number of rotatable bonds is 18. The van der Waals surface area contributed by atoms with E-state index in [2.05, 4.69) is 20.5 Å². The number of nitrogens with one attached hydrogen (secondary N) is 3. The molecule has 0 aromatic heterocycles. The molecule has 0 aliphatic heterocycles. The quantitative estimate of drug-likeness (QED) is 0.0631. The molecule has 0 aliphatic rings. The van der Waals surface area contributed by atoms with Gasteiger partial charge in [0.25, 0.3) is 0 Å². The number of nitrogens with two attached hydrogens (primary N) is 3. The second kappa shape index (κ2) is 18.3. The molecule has 0 bridgehead atoms. The van der Waals surface area contributed by atoms with Gasteiger partial charge < -0.3 is 52.2 Å². The summed E-state index contributed by atoms with van der Waals surface area (Å²) in [6, 6.07) is 9.77. The third-order valence-corrected chi connectivity index (χ3v) is 9.25. The molecule has 3 rings (SSSR count). The van der Waals surface area contributed by atoms with E-state index in [4.69, 9.17) is 41.5 Å². The maximum Gasteiger partial charge on any atom is 0.524 e. The molecule has 13 N–H and O–H groups in total. The van der Waals surface area contributed by atoms with Crippen molar-refractivity contribution in [2.45, 2.75) is 56.1 Å². The summed E-state index contributed by atoms with van der Waals surface area (Å²) < 4.78 is 61.1. The predicted molar refractivity (Wildman–Crippen MR) is 188 cm³/mol. The summed E-state index contributed by atoms with van der Waals surface area (Å²) in [4.78, 5) is 101. The summed E-state index contributed by atoms with van der Waals surface area (Å²) in [6.07, 6.45) is -2.20. The first-order valence-electron chi connectivity index (χ1n) is 15.8. The number of halogens is 2. The normalized spacial score (nSPS) is 14.0. The molecule has 0 spiro atoms. The maximum absolute atomic E-state index is 14.4. The van der Waals surface area contributed by atoms with E-state index < -0.39 is 86.8 Å². The predicted octanol–water partition coefficient (Wildman–Crippen LogP) is 0.939. The number of primary amides is 2. The molecule has 0 fully saturated rings. The third kappa shape index (κ3) is 13.1. The molecule has 3 aromatic carbocycles. The van der Waals surface area contributed by atoms with Crippen LogP contribution in [0.25, 0.3) is 0 Å². The minimum atomic E-state index is -5.94. The van der Waals surface area contributed by atoms with Crippen LogP contribution in [0.2, 0.25) is 0 Å². The molecule has 1 unspecified atom stereocenters. The Morgan fingerprint density at radius 1 is 0.818 bits per heavy atom. The van der Waals surface area contributed by atoms with Crippen LogP contribution in [0.4, 0.5) is 19.3 Å². The number of amides is 5. The van der Waals surface area contributed by atoms with E-state index in [0.29, 0.717) is 28.9 Å². The Bertz CT molecular complexity index is 1980. The van der Waals surface area contributed by atoms with E-state index in [-0.39, 0.29) is 24.3 Å². The van der Waals surface area contributed by atoms with Crippen molar-refractivity contribution in [1.82, 2.24) is 16.0 Å². The van der Waals surface area contributed by atoms with Crippen molar-refractivity contribution in [1.29, 1.82) is 0 Å². The number of anilines is 1. The average Bonchev–Trinajstić information content (AvgIpc) is 3.08. The van der Waals surface area contributed by atoms with Gasteiger partial charge in [-0.25, -0.2) is 9.36 Å². The van der Waals surface area contributed by atoms with E-state index in [1.165, 1.54) is 37.3 Å². The number of hydrogen-bond acceptors (Lipinski definition) is 10. The highest BCUT2D eigenvalue weighted by atomic mass is 31.2. The molecule has 0 radical (unpaired) electrons. The van der Waals surface area contributed by atoms with Crippen molar-refractivity contribution in [2.75, 3.05) is 5.73 Å². The first-order valence-corrected chi connectivity index (χ1v) is 18.9. The van der Waals surface area contributed by atoms with Gasteiger partial charge in [-0.1, -0.05) is 55.5 Å². The zero-order valence-electron chi connectivity index (χ0n) is 28.7. The van der Waals surface area contributed by atoms with Crippen LogP contribution in [0.15, 0.2) is 72.8 Å². The lowest BCUT2D eigenvalue weighted by Crippen LogP contribution is -2.58. The van der Waals surface area contributed by atoms with Crippen LogP contribution in [0.1, 0.15) is 41.5 Å². The van der Waals surface area contributed by atoms with Crippen molar-refractivity contribution < 1.29 is 70.7 Å². The number of nitrogen functional groups attached to an aromatic ring is 1. The maximum atomic E-state index is 14.4. The van der Waals surface area contributed by atoms with Gasteiger partial charge in [-0.05, 0) is 41.0 Å². The van der Waals surface area contributed by atoms with E-state index >= 15 is 0 Å². The highest BCUT2D eigenvalue weighted by Crippen LogP contribution is 2.59. The molecule has 19 nitrogen and oxygen atoms in total. The van der Waals surface area contributed by atoms with Crippen molar-refractivity contribution in [3.63, 3.8) is 0 Å². The van der Waals surface area contributed by atoms with Gasteiger partial charge in [0.05, 0.1) is 6.42 Å². The van der Waals surface area contributed by atoms with Crippen LogP contribution in [0.5, 0.6) is 5.75 Å². The summed E-state index contributed by atoms with van der Waals surface area (Å²) in [6.45, 7) is 1.06. The highest BCUT2D eigenvalue weighted by molar-refractivity contribution is 7.52. The monoisotopic (exact) mass is 814 g/mol. The molecule has 0 aliphatic carbocycles. The van der Waals surface area contributed by atoms with Crippen molar-refractivity contribution in [2.24, 2.45) is 11.5 Å². The number of phosphoric ester groups is 1. The van der Waals surface area contributed by atoms with Gasteiger partial charge in [0, 0.05) is 23.6 Å². The molecule has 0 saturated carbocycles. The summed E-state index contributed by atoms with van der Waals surface area (Å²) in [5.74, 6) is -5.80. The van der Waals surface area contributed by atoms with Crippen LogP contribution in [0.3, 0.4) is 0 Å². The summed E-state index contributed by atoms with van der Waals surface area (Å²) in [7, 11) is -10.9. The largest absolute Gasteiger partial charge is 0.524 e. The Hall–Kier alpha value is -5.43. The summed E-state index contributed by atoms with van der Waals surface area (Å²) >= 11 is 0. The molecule has 23 heteroatoms. The Kier molecular flexibility index (Phi) is 14.6. The standard InChI is InChI=1S/C32H38F2N6O13P2/c1-17(20-7-9-21(10-8-20)32(33,34)54(46,47)48)27(30(44)38-24(28(37)42)15-26(36)41)40-29(43)25(14-18-5-11-23(12-6-18)53-55(49,50)51)39-31(45)52-16-19-3-2-4-22(35)13-19/h2-13,17,24-25,27H,14-16,35H2,1H3,(H2,36,41)(H2,37,42)(H,38,44)(H,39,45)(H,40,43)(H2,46,47,48)(H2,49,50,51)/t17?,24-,25-,27-/m0/s1. The van der Waals surface area contributed by atoms with Gasteiger partial charge in [-0.3, -0.25) is 33.5 Å². The fourth-order valence-corrected chi connectivity index (χ4v) is 5.87. The lowest BCUT2D eigenvalue weighted by molar-refractivity contribution is -0.133. The Morgan fingerprint density at radius 3 is 1.96 bits per heavy atom. The number of hydrogen-bond donors (Lipinski definition) is 10. The van der Waals surface area contributed by atoms with Crippen LogP contribution in [-0.4, -0.2) is 67.4 Å². The fourth-order valence-electron chi connectivity index (χ4n) is 4.99. The van der Waals surface area contributed by atoms with Crippen molar-refractivity contribution in [3.05, 3.63) is 95.1 Å². The first kappa shape index (κ1) is 44.0. The molecule has 4 atom stereocenters. The number of carbonyl (C=O) groups excluding carboxylic acids is 5. The Morgan fingerprint density at radius 2 is 1.44 bits per heavy atom. The molecule has 0 saturated heterocycles. The Balaban J connectivity index is 1.98. The number of alkyl carbamates (subject to hydrolysis) is 1. The van der Waals surface area contributed by atoms with E-state index in [1.807, 2.05) is 0 Å². The van der Waals surface area contributed by atoms with Crippen LogP contribution >= 0.6 is 15.4 Å². The van der Waals surface area contributed by atoms with Crippen LogP contribution in [0, 0.1) is 0 Å². The molecule has 3 aromatic rings. The zero-order chi connectivity index (χ0) is 41.3. The number of carbonyl (C=O) groups is 5. The minimum absolute atomic E-state index is 0.0583. The van der Waals surface area contributed by atoms with E-state index in [1.54, 1.807) is 18.2 Å². The average molecular weight is 815 g/mol. The minimum Gasteiger partial charge on any atom is -0.445 e.